The highest BCUT2D eigenvalue weighted by Crippen LogP contribution is 2.21. The summed E-state index contributed by atoms with van der Waals surface area (Å²) in [6.07, 6.45) is 3.20. The largest absolute Gasteiger partial charge is 0.314 e. The van der Waals surface area contributed by atoms with Crippen molar-refractivity contribution >= 4 is 10.9 Å². The lowest BCUT2D eigenvalue weighted by Crippen LogP contribution is -2.51. The second-order valence-corrected chi connectivity index (χ2v) is 6.45. The molecule has 1 fully saturated rings. The average molecular weight is 283 g/mol. The zero-order valence-corrected chi connectivity index (χ0v) is 13.0. The summed E-state index contributed by atoms with van der Waals surface area (Å²) >= 11 is 0. The molecular weight excluding hydrogens is 258 g/mol. The van der Waals surface area contributed by atoms with Crippen LogP contribution in [0.4, 0.5) is 0 Å². The van der Waals surface area contributed by atoms with Gasteiger partial charge >= 0.3 is 0 Å². The van der Waals surface area contributed by atoms with E-state index in [1.807, 2.05) is 6.20 Å². The SMILES string of the molecule is CC(C)CC1CNCCN1Cc1ccnc2ccccc12. The zero-order valence-electron chi connectivity index (χ0n) is 13.0. The first-order valence-electron chi connectivity index (χ1n) is 8.01. The predicted octanol–water partition coefficient (Wildman–Crippen LogP) is 3.05. The predicted molar refractivity (Wildman–Crippen MR) is 88.3 cm³/mol. The lowest BCUT2D eigenvalue weighted by Gasteiger charge is -2.37. The van der Waals surface area contributed by atoms with Gasteiger partial charge in [0.05, 0.1) is 5.52 Å². The highest BCUT2D eigenvalue weighted by Gasteiger charge is 2.23. The van der Waals surface area contributed by atoms with E-state index in [0.717, 1.165) is 37.6 Å². The minimum absolute atomic E-state index is 0.644. The highest BCUT2D eigenvalue weighted by atomic mass is 15.2. The van der Waals surface area contributed by atoms with Gasteiger partial charge in [-0.2, -0.15) is 0 Å². The molecular formula is C18H25N3. The monoisotopic (exact) mass is 283 g/mol. The summed E-state index contributed by atoms with van der Waals surface area (Å²) in [4.78, 5) is 7.11. The van der Waals surface area contributed by atoms with Crippen LogP contribution in [0.1, 0.15) is 25.8 Å². The van der Waals surface area contributed by atoms with E-state index in [-0.39, 0.29) is 0 Å². The Kier molecular flexibility index (Phi) is 4.51. The number of benzene rings is 1. The molecule has 112 valence electrons. The molecule has 1 N–H and O–H groups in total. The molecule has 1 atom stereocenters. The van der Waals surface area contributed by atoms with E-state index in [4.69, 9.17) is 0 Å². The Balaban J connectivity index is 1.82. The molecule has 2 heterocycles. The molecule has 0 amide bonds. The molecule has 1 aliphatic rings. The van der Waals surface area contributed by atoms with Gasteiger partial charge in [0.15, 0.2) is 0 Å². The maximum absolute atomic E-state index is 4.47. The third kappa shape index (κ3) is 3.42. The van der Waals surface area contributed by atoms with Crippen LogP contribution in [0.25, 0.3) is 10.9 Å². The topological polar surface area (TPSA) is 28.2 Å². The number of fused-ring (bicyclic) bond motifs is 1. The summed E-state index contributed by atoms with van der Waals surface area (Å²) < 4.78 is 0. The van der Waals surface area contributed by atoms with Crippen LogP contribution in [-0.2, 0) is 6.54 Å². The Bertz CT molecular complexity index is 589. The maximum atomic E-state index is 4.47. The molecule has 21 heavy (non-hydrogen) atoms. The lowest BCUT2D eigenvalue weighted by atomic mass is 9.99. The molecule has 3 rings (SSSR count). The second kappa shape index (κ2) is 6.54. The summed E-state index contributed by atoms with van der Waals surface area (Å²) in [7, 11) is 0. The number of nitrogens with one attached hydrogen (secondary N) is 1. The van der Waals surface area contributed by atoms with Crippen LogP contribution >= 0.6 is 0 Å². The lowest BCUT2D eigenvalue weighted by molar-refractivity contribution is 0.134. The fourth-order valence-corrected chi connectivity index (χ4v) is 3.30. The Morgan fingerprint density at radius 2 is 2.14 bits per heavy atom. The Morgan fingerprint density at radius 3 is 3.00 bits per heavy atom. The summed E-state index contributed by atoms with van der Waals surface area (Å²) in [6, 6.07) is 11.3. The molecule has 1 aromatic carbocycles. The van der Waals surface area contributed by atoms with Crippen molar-refractivity contribution in [3.05, 3.63) is 42.1 Å². The molecule has 2 aromatic rings. The summed E-state index contributed by atoms with van der Waals surface area (Å²) in [6.45, 7) is 9.00. The number of rotatable bonds is 4. The van der Waals surface area contributed by atoms with Crippen molar-refractivity contribution in [1.82, 2.24) is 15.2 Å². The summed E-state index contributed by atoms with van der Waals surface area (Å²) in [5.41, 5.74) is 2.50. The number of aromatic nitrogens is 1. The van der Waals surface area contributed by atoms with E-state index < -0.39 is 0 Å². The fraction of sp³-hybridized carbons (Fsp3) is 0.500. The van der Waals surface area contributed by atoms with Gasteiger partial charge in [-0.1, -0.05) is 32.0 Å². The van der Waals surface area contributed by atoms with Crippen molar-refractivity contribution in [2.45, 2.75) is 32.9 Å². The molecule has 0 bridgehead atoms. The molecule has 3 nitrogen and oxygen atoms in total. The summed E-state index contributed by atoms with van der Waals surface area (Å²) in [5, 5.41) is 4.83. The van der Waals surface area contributed by atoms with E-state index in [1.54, 1.807) is 0 Å². The van der Waals surface area contributed by atoms with Crippen LogP contribution in [0.2, 0.25) is 0 Å². The van der Waals surface area contributed by atoms with Gasteiger partial charge in [-0.05, 0) is 30.0 Å². The van der Waals surface area contributed by atoms with Gasteiger partial charge in [0.2, 0.25) is 0 Å². The van der Waals surface area contributed by atoms with Crippen LogP contribution < -0.4 is 5.32 Å². The van der Waals surface area contributed by atoms with Crippen molar-refractivity contribution in [2.75, 3.05) is 19.6 Å². The van der Waals surface area contributed by atoms with Crippen molar-refractivity contribution in [3.8, 4) is 0 Å². The fourth-order valence-electron chi connectivity index (χ4n) is 3.30. The first-order chi connectivity index (χ1) is 10.2. The van der Waals surface area contributed by atoms with Gasteiger partial charge in [-0.3, -0.25) is 9.88 Å². The smallest absolute Gasteiger partial charge is 0.0705 e. The Labute approximate surface area is 127 Å². The zero-order chi connectivity index (χ0) is 14.7. The standard InChI is InChI=1S/C18H25N3/c1-14(2)11-16-12-19-9-10-21(16)13-15-7-8-20-18-6-4-3-5-17(15)18/h3-8,14,16,19H,9-13H2,1-2H3. The third-order valence-electron chi connectivity index (χ3n) is 4.33. The average Bonchev–Trinajstić information content (AvgIpc) is 2.49. The maximum Gasteiger partial charge on any atom is 0.0705 e. The van der Waals surface area contributed by atoms with Gasteiger partial charge in [0, 0.05) is 43.8 Å². The van der Waals surface area contributed by atoms with E-state index in [2.05, 4.69) is 59.4 Å². The number of hydrogen-bond acceptors (Lipinski definition) is 3. The van der Waals surface area contributed by atoms with Gasteiger partial charge in [-0.25, -0.2) is 0 Å². The molecule has 1 aromatic heterocycles. The number of pyridine rings is 1. The molecule has 0 saturated carbocycles. The van der Waals surface area contributed by atoms with Crippen LogP contribution in [0, 0.1) is 5.92 Å². The first-order valence-corrected chi connectivity index (χ1v) is 8.01. The van der Waals surface area contributed by atoms with Crippen LogP contribution in [0.15, 0.2) is 36.5 Å². The van der Waals surface area contributed by atoms with Gasteiger partial charge in [0.25, 0.3) is 0 Å². The quantitative estimate of drug-likeness (QED) is 0.935. The Morgan fingerprint density at radius 1 is 1.29 bits per heavy atom. The van der Waals surface area contributed by atoms with E-state index >= 15 is 0 Å². The van der Waals surface area contributed by atoms with Crippen LogP contribution in [-0.4, -0.2) is 35.6 Å². The molecule has 1 unspecified atom stereocenters. The highest BCUT2D eigenvalue weighted by molar-refractivity contribution is 5.81. The number of piperazine rings is 1. The van der Waals surface area contributed by atoms with Crippen molar-refractivity contribution < 1.29 is 0 Å². The number of para-hydroxylation sites is 1. The van der Waals surface area contributed by atoms with Crippen molar-refractivity contribution in [1.29, 1.82) is 0 Å². The van der Waals surface area contributed by atoms with Gasteiger partial charge < -0.3 is 5.32 Å². The van der Waals surface area contributed by atoms with Crippen LogP contribution in [0.3, 0.4) is 0 Å². The second-order valence-electron chi connectivity index (χ2n) is 6.45. The van der Waals surface area contributed by atoms with Crippen molar-refractivity contribution in [3.63, 3.8) is 0 Å². The van der Waals surface area contributed by atoms with E-state index in [1.165, 1.54) is 17.4 Å². The summed E-state index contributed by atoms with van der Waals surface area (Å²) in [5.74, 6) is 0.742. The molecule has 1 aliphatic heterocycles. The first kappa shape index (κ1) is 14.5. The molecule has 0 aliphatic carbocycles. The Hall–Kier alpha value is -1.45. The molecule has 3 heteroatoms. The number of nitrogens with zero attached hydrogens (tertiary/aromatic N) is 2. The molecule has 1 saturated heterocycles. The van der Waals surface area contributed by atoms with E-state index in [0.29, 0.717) is 6.04 Å². The molecule has 0 spiro atoms. The van der Waals surface area contributed by atoms with Crippen LogP contribution in [0.5, 0.6) is 0 Å². The third-order valence-corrected chi connectivity index (χ3v) is 4.33. The van der Waals surface area contributed by atoms with E-state index in [9.17, 15) is 0 Å². The van der Waals surface area contributed by atoms with Gasteiger partial charge in [0.1, 0.15) is 0 Å². The minimum Gasteiger partial charge on any atom is -0.314 e. The van der Waals surface area contributed by atoms with Crippen molar-refractivity contribution in [2.24, 2.45) is 5.92 Å². The molecule has 0 radical (unpaired) electrons. The van der Waals surface area contributed by atoms with Gasteiger partial charge in [-0.15, -0.1) is 0 Å². The minimum atomic E-state index is 0.644. The normalized spacial score (nSPS) is 20.2. The number of hydrogen-bond donors (Lipinski definition) is 1.